The molecule has 0 unspecified atom stereocenters. The molecule has 0 radical (unpaired) electrons. The van der Waals surface area contributed by atoms with Gasteiger partial charge < -0.3 is 4.98 Å². The Morgan fingerprint density at radius 3 is 2.61 bits per heavy atom. The van der Waals surface area contributed by atoms with Crippen molar-refractivity contribution in [2.24, 2.45) is 0 Å². The van der Waals surface area contributed by atoms with E-state index in [1.165, 1.54) is 6.07 Å². The Kier molecular flexibility index (Phi) is 2.77. The summed E-state index contributed by atoms with van der Waals surface area (Å²) in [6.45, 7) is 0. The van der Waals surface area contributed by atoms with Gasteiger partial charge in [-0.3, -0.25) is 0 Å². The predicted octanol–water partition coefficient (Wildman–Crippen LogP) is 4.11. The highest BCUT2D eigenvalue weighted by Crippen LogP contribution is 2.29. The van der Waals surface area contributed by atoms with Crippen LogP contribution in [0.2, 0.25) is 0 Å². The molecule has 0 amide bonds. The second-order valence-corrected chi connectivity index (χ2v) is 4.98. The molecule has 0 aliphatic carbocycles. The number of imidazole rings is 1. The lowest BCUT2D eigenvalue weighted by molar-refractivity contribution is 0.510. The molecule has 0 atom stereocenters. The van der Waals surface area contributed by atoms with Crippen LogP contribution >= 0.6 is 22.6 Å². The molecule has 5 heteroatoms. The third kappa shape index (κ3) is 1.78. The molecule has 90 valence electrons. The zero-order valence-electron chi connectivity index (χ0n) is 9.05. The van der Waals surface area contributed by atoms with E-state index in [9.17, 15) is 8.78 Å². The maximum atomic E-state index is 13.8. The van der Waals surface area contributed by atoms with Gasteiger partial charge in [0.15, 0.2) is 11.6 Å². The number of nitrogens with one attached hydrogen (secondary N) is 1. The van der Waals surface area contributed by atoms with E-state index in [0.29, 0.717) is 9.39 Å². The van der Waals surface area contributed by atoms with Crippen LogP contribution in [0.15, 0.2) is 36.4 Å². The summed E-state index contributed by atoms with van der Waals surface area (Å²) >= 11 is 1.96. The first-order valence-corrected chi connectivity index (χ1v) is 6.33. The van der Waals surface area contributed by atoms with Crippen molar-refractivity contribution in [2.45, 2.75) is 0 Å². The van der Waals surface area contributed by atoms with Crippen LogP contribution in [0.5, 0.6) is 0 Å². The lowest BCUT2D eigenvalue weighted by Gasteiger charge is -2.03. The van der Waals surface area contributed by atoms with Crippen molar-refractivity contribution in [1.29, 1.82) is 0 Å². The van der Waals surface area contributed by atoms with Crippen molar-refractivity contribution in [3.63, 3.8) is 0 Å². The van der Waals surface area contributed by atoms with E-state index in [0.717, 1.165) is 17.1 Å². The van der Waals surface area contributed by atoms with Crippen LogP contribution in [0.25, 0.3) is 22.4 Å². The molecule has 0 aliphatic heterocycles. The van der Waals surface area contributed by atoms with E-state index in [-0.39, 0.29) is 5.56 Å². The van der Waals surface area contributed by atoms with Gasteiger partial charge in [0.05, 0.1) is 16.6 Å². The molecular weight excluding hydrogens is 349 g/mol. The van der Waals surface area contributed by atoms with Gasteiger partial charge in [-0.15, -0.1) is 0 Å². The molecule has 2 aromatic carbocycles. The summed E-state index contributed by atoms with van der Waals surface area (Å²) in [4.78, 5) is 7.28. The Labute approximate surface area is 115 Å². The van der Waals surface area contributed by atoms with Crippen LogP contribution in [0.3, 0.4) is 0 Å². The number of hydrogen-bond acceptors (Lipinski definition) is 1. The van der Waals surface area contributed by atoms with Crippen LogP contribution in [-0.4, -0.2) is 9.97 Å². The van der Waals surface area contributed by atoms with Crippen LogP contribution in [0.4, 0.5) is 8.78 Å². The Balaban J connectivity index is 2.29. The smallest absolute Gasteiger partial charge is 0.170 e. The van der Waals surface area contributed by atoms with Gasteiger partial charge in [0.2, 0.25) is 0 Å². The van der Waals surface area contributed by atoms with Gasteiger partial charge >= 0.3 is 0 Å². The third-order valence-corrected chi connectivity index (χ3v) is 3.57. The fourth-order valence-corrected chi connectivity index (χ4v) is 2.49. The zero-order chi connectivity index (χ0) is 12.7. The quantitative estimate of drug-likeness (QED) is 0.516. The highest BCUT2D eigenvalue weighted by Gasteiger charge is 2.17. The number of nitrogens with zero attached hydrogens (tertiary/aromatic N) is 1. The molecule has 0 fully saturated rings. The lowest BCUT2D eigenvalue weighted by atomic mass is 10.2. The highest BCUT2D eigenvalue weighted by atomic mass is 127. The number of hydrogen-bond donors (Lipinski definition) is 1. The summed E-state index contributed by atoms with van der Waals surface area (Å²) in [5, 5.41) is 0. The van der Waals surface area contributed by atoms with E-state index < -0.39 is 11.6 Å². The molecule has 1 aromatic heterocycles. The first kappa shape index (κ1) is 11.6. The Hall–Kier alpha value is -1.50. The summed E-state index contributed by atoms with van der Waals surface area (Å²) in [5.41, 5.74) is 1.70. The van der Waals surface area contributed by atoms with Gasteiger partial charge in [-0.25, -0.2) is 13.8 Å². The maximum Gasteiger partial charge on any atom is 0.170 e. The molecule has 3 rings (SSSR count). The van der Waals surface area contributed by atoms with Crippen molar-refractivity contribution < 1.29 is 8.78 Å². The monoisotopic (exact) mass is 356 g/mol. The summed E-state index contributed by atoms with van der Waals surface area (Å²) in [6, 6.07) is 10.0. The van der Waals surface area contributed by atoms with Crippen molar-refractivity contribution >= 4 is 33.6 Å². The molecule has 0 saturated heterocycles. The first-order chi connectivity index (χ1) is 8.66. The van der Waals surface area contributed by atoms with Gasteiger partial charge in [-0.2, -0.15) is 0 Å². The van der Waals surface area contributed by atoms with Gasteiger partial charge in [0, 0.05) is 3.57 Å². The standard InChI is InChI=1S/C13H7F2IN2/c14-7-5-6-8(16)11(12(7)15)13-17-9-3-1-2-4-10(9)18-13/h1-6H,(H,17,18). The topological polar surface area (TPSA) is 28.7 Å². The van der Waals surface area contributed by atoms with Gasteiger partial charge in [-0.1, -0.05) is 12.1 Å². The Morgan fingerprint density at radius 2 is 1.83 bits per heavy atom. The molecule has 3 aromatic rings. The van der Waals surface area contributed by atoms with Crippen LogP contribution < -0.4 is 0 Å². The van der Waals surface area contributed by atoms with Crippen molar-refractivity contribution in [3.8, 4) is 11.4 Å². The Bertz CT molecular complexity index is 704. The fourth-order valence-electron chi connectivity index (χ4n) is 1.82. The van der Waals surface area contributed by atoms with E-state index >= 15 is 0 Å². The molecule has 18 heavy (non-hydrogen) atoms. The minimum absolute atomic E-state index is 0.173. The molecule has 0 aliphatic rings. The normalized spacial score (nSPS) is 11.1. The number of H-pyrrole nitrogens is 1. The Morgan fingerprint density at radius 1 is 1.06 bits per heavy atom. The van der Waals surface area contributed by atoms with Crippen LogP contribution in [0, 0.1) is 15.2 Å². The van der Waals surface area contributed by atoms with Crippen molar-refractivity contribution in [2.75, 3.05) is 0 Å². The number of para-hydroxylation sites is 2. The molecular formula is C13H7F2IN2. The molecule has 0 spiro atoms. The minimum Gasteiger partial charge on any atom is -0.338 e. The second kappa shape index (κ2) is 4.31. The lowest BCUT2D eigenvalue weighted by Crippen LogP contribution is -1.94. The van der Waals surface area contributed by atoms with E-state index in [4.69, 9.17) is 0 Å². The SMILES string of the molecule is Fc1ccc(I)c(-c2nc3ccccc3[nH]2)c1F. The minimum atomic E-state index is -0.874. The molecule has 1 heterocycles. The van der Waals surface area contributed by atoms with Crippen molar-refractivity contribution in [3.05, 3.63) is 51.6 Å². The maximum absolute atomic E-state index is 13.8. The van der Waals surface area contributed by atoms with Gasteiger partial charge in [0.25, 0.3) is 0 Å². The number of aromatic nitrogens is 2. The summed E-state index contributed by atoms with van der Waals surface area (Å²) in [7, 11) is 0. The first-order valence-electron chi connectivity index (χ1n) is 5.25. The average molecular weight is 356 g/mol. The van der Waals surface area contributed by atoms with E-state index in [1.54, 1.807) is 0 Å². The summed E-state index contributed by atoms with van der Waals surface area (Å²) < 4.78 is 27.7. The largest absolute Gasteiger partial charge is 0.338 e. The second-order valence-electron chi connectivity index (χ2n) is 3.82. The molecule has 1 N–H and O–H groups in total. The number of rotatable bonds is 1. The molecule has 2 nitrogen and oxygen atoms in total. The molecule has 0 bridgehead atoms. The van der Waals surface area contributed by atoms with Gasteiger partial charge in [-0.05, 0) is 46.9 Å². The van der Waals surface area contributed by atoms with E-state index in [1.807, 2.05) is 46.9 Å². The number of fused-ring (bicyclic) bond motifs is 1. The zero-order valence-corrected chi connectivity index (χ0v) is 11.2. The predicted molar refractivity (Wildman–Crippen MR) is 74.2 cm³/mol. The third-order valence-electron chi connectivity index (χ3n) is 2.67. The summed E-state index contributed by atoms with van der Waals surface area (Å²) in [6.07, 6.45) is 0. The van der Waals surface area contributed by atoms with Crippen LogP contribution in [0.1, 0.15) is 0 Å². The van der Waals surface area contributed by atoms with Gasteiger partial charge in [0.1, 0.15) is 5.82 Å². The number of benzene rings is 2. The molecule has 0 saturated carbocycles. The number of aromatic amines is 1. The summed E-state index contributed by atoms with van der Waals surface area (Å²) in [5.74, 6) is -1.40. The van der Waals surface area contributed by atoms with Crippen molar-refractivity contribution in [1.82, 2.24) is 9.97 Å². The van der Waals surface area contributed by atoms with Crippen LogP contribution in [-0.2, 0) is 0 Å². The average Bonchev–Trinajstić information content (AvgIpc) is 2.77. The van der Waals surface area contributed by atoms with E-state index in [2.05, 4.69) is 9.97 Å². The number of halogens is 3. The highest BCUT2D eigenvalue weighted by molar-refractivity contribution is 14.1. The fraction of sp³-hybridized carbons (Fsp3) is 0.